The molecule has 0 amide bonds. The van der Waals surface area contributed by atoms with Gasteiger partial charge in [0.15, 0.2) is 0 Å². The first kappa shape index (κ1) is 14.2. The van der Waals surface area contributed by atoms with Crippen molar-refractivity contribution in [2.24, 2.45) is 0 Å². The van der Waals surface area contributed by atoms with Crippen molar-refractivity contribution in [3.8, 4) is 0 Å². The number of hydrogen-bond acceptors (Lipinski definition) is 3. The molecule has 2 aromatic rings. The lowest BCUT2D eigenvalue weighted by atomic mass is 10.0. The van der Waals surface area contributed by atoms with Crippen LogP contribution in [0.1, 0.15) is 24.2 Å². The van der Waals surface area contributed by atoms with Crippen molar-refractivity contribution in [2.45, 2.75) is 25.7 Å². The first-order valence-electron chi connectivity index (χ1n) is 6.52. The fourth-order valence-corrected chi connectivity index (χ4v) is 2.03. The maximum atomic E-state index is 11.1. The summed E-state index contributed by atoms with van der Waals surface area (Å²) in [5, 5.41) is 11.1. The first-order chi connectivity index (χ1) is 9.68. The Morgan fingerprint density at radius 1 is 1.05 bits per heavy atom. The molecular weight excluding hydrogens is 254 g/mol. The van der Waals surface area contributed by atoms with Crippen molar-refractivity contribution in [2.75, 3.05) is 0 Å². The van der Waals surface area contributed by atoms with Gasteiger partial charge in [0.2, 0.25) is 6.04 Å². The number of rotatable bonds is 6. The van der Waals surface area contributed by atoms with Gasteiger partial charge < -0.3 is 4.74 Å². The van der Waals surface area contributed by atoms with E-state index in [1.807, 2.05) is 60.7 Å². The van der Waals surface area contributed by atoms with E-state index in [1.165, 1.54) is 0 Å². The zero-order chi connectivity index (χ0) is 14.4. The monoisotopic (exact) mass is 271 g/mol. The number of nitrogens with zero attached hydrogens (tertiary/aromatic N) is 1. The Morgan fingerprint density at radius 3 is 2.15 bits per heavy atom. The van der Waals surface area contributed by atoms with Crippen molar-refractivity contribution in [1.82, 2.24) is 0 Å². The van der Waals surface area contributed by atoms with Gasteiger partial charge in [-0.1, -0.05) is 60.7 Å². The van der Waals surface area contributed by atoms with E-state index in [4.69, 9.17) is 4.74 Å². The smallest absolute Gasteiger partial charge is 0.240 e. The Morgan fingerprint density at radius 2 is 1.60 bits per heavy atom. The highest BCUT2D eigenvalue weighted by Crippen LogP contribution is 2.24. The van der Waals surface area contributed by atoms with Crippen LogP contribution >= 0.6 is 0 Å². The van der Waals surface area contributed by atoms with Crippen molar-refractivity contribution in [3.05, 3.63) is 81.9 Å². The Bertz CT molecular complexity index is 542. The fraction of sp³-hybridized carbons (Fsp3) is 0.250. The molecule has 0 spiro atoms. The van der Waals surface area contributed by atoms with Crippen molar-refractivity contribution < 1.29 is 9.66 Å². The normalized spacial score (nSPS) is 13.7. The van der Waals surface area contributed by atoms with Gasteiger partial charge in [0.1, 0.15) is 6.10 Å². The number of nitro groups is 1. The molecule has 2 aromatic carbocycles. The van der Waals surface area contributed by atoms with Gasteiger partial charge in [0, 0.05) is 11.8 Å². The Labute approximate surface area is 118 Å². The van der Waals surface area contributed by atoms with E-state index in [1.54, 1.807) is 6.92 Å². The van der Waals surface area contributed by atoms with Gasteiger partial charge >= 0.3 is 0 Å². The highest BCUT2D eigenvalue weighted by atomic mass is 16.6. The molecule has 0 heterocycles. The molecule has 0 aliphatic carbocycles. The lowest BCUT2D eigenvalue weighted by molar-refractivity contribution is -0.532. The van der Waals surface area contributed by atoms with E-state index < -0.39 is 12.1 Å². The minimum absolute atomic E-state index is 0.303. The molecule has 0 unspecified atom stereocenters. The van der Waals surface area contributed by atoms with Crippen LogP contribution in [0.25, 0.3) is 0 Å². The van der Waals surface area contributed by atoms with Gasteiger partial charge in [-0.3, -0.25) is 10.1 Å². The molecule has 104 valence electrons. The SMILES string of the molecule is C[C@@H]([C@H](OCc1ccccc1)c1ccccc1)[N+](=O)[O-]. The summed E-state index contributed by atoms with van der Waals surface area (Å²) in [7, 11) is 0. The second kappa shape index (κ2) is 6.82. The van der Waals surface area contributed by atoms with Crippen molar-refractivity contribution in [3.63, 3.8) is 0 Å². The predicted octanol–water partition coefficient (Wildman–Crippen LogP) is 3.61. The van der Waals surface area contributed by atoms with Gasteiger partial charge in [0.05, 0.1) is 6.61 Å². The van der Waals surface area contributed by atoms with E-state index in [0.29, 0.717) is 6.61 Å². The second-order valence-electron chi connectivity index (χ2n) is 4.65. The largest absolute Gasteiger partial charge is 0.362 e. The molecular formula is C16H17NO3. The molecule has 4 heteroatoms. The summed E-state index contributed by atoms with van der Waals surface area (Å²) in [6.07, 6.45) is -0.550. The second-order valence-corrected chi connectivity index (χ2v) is 4.65. The number of benzene rings is 2. The quantitative estimate of drug-likeness (QED) is 0.595. The molecule has 2 atom stereocenters. The van der Waals surface area contributed by atoms with E-state index in [2.05, 4.69) is 0 Å². The maximum Gasteiger partial charge on any atom is 0.240 e. The Hall–Kier alpha value is -2.20. The third-order valence-corrected chi connectivity index (χ3v) is 3.17. The summed E-state index contributed by atoms with van der Waals surface area (Å²) in [6, 6.07) is 18.2. The van der Waals surface area contributed by atoms with E-state index in [-0.39, 0.29) is 4.92 Å². The highest BCUT2D eigenvalue weighted by Gasteiger charge is 2.28. The van der Waals surface area contributed by atoms with E-state index in [0.717, 1.165) is 11.1 Å². The fourth-order valence-electron chi connectivity index (χ4n) is 2.03. The summed E-state index contributed by atoms with van der Waals surface area (Å²) in [6.45, 7) is 1.93. The Kier molecular flexibility index (Phi) is 4.85. The molecule has 0 aromatic heterocycles. The van der Waals surface area contributed by atoms with Gasteiger partial charge in [-0.05, 0) is 11.1 Å². The molecule has 0 bridgehead atoms. The number of ether oxygens (including phenoxy) is 1. The summed E-state index contributed by atoms with van der Waals surface area (Å²) in [5.41, 5.74) is 1.83. The van der Waals surface area contributed by atoms with Crippen molar-refractivity contribution in [1.29, 1.82) is 0 Å². The van der Waals surface area contributed by atoms with Crippen LogP contribution in [0.5, 0.6) is 0 Å². The van der Waals surface area contributed by atoms with Crippen LogP contribution in [0.2, 0.25) is 0 Å². The van der Waals surface area contributed by atoms with Gasteiger partial charge in [0.25, 0.3) is 0 Å². The average molecular weight is 271 g/mol. The zero-order valence-electron chi connectivity index (χ0n) is 11.3. The Balaban J connectivity index is 2.13. The lowest BCUT2D eigenvalue weighted by Gasteiger charge is -2.19. The minimum Gasteiger partial charge on any atom is -0.362 e. The predicted molar refractivity (Wildman–Crippen MR) is 76.9 cm³/mol. The van der Waals surface area contributed by atoms with Gasteiger partial charge in [-0.25, -0.2) is 0 Å². The van der Waals surface area contributed by atoms with Crippen molar-refractivity contribution >= 4 is 0 Å². The molecule has 0 saturated carbocycles. The van der Waals surface area contributed by atoms with Crippen LogP contribution in [0.15, 0.2) is 60.7 Å². The van der Waals surface area contributed by atoms with Crippen LogP contribution in [-0.4, -0.2) is 11.0 Å². The molecule has 0 aliphatic heterocycles. The van der Waals surface area contributed by atoms with E-state index in [9.17, 15) is 10.1 Å². The van der Waals surface area contributed by atoms with Crippen LogP contribution in [0.4, 0.5) is 0 Å². The zero-order valence-corrected chi connectivity index (χ0v) is 11.3. The summed E-state index contributed by atoms with van der Waals surface area (Å²) >= 11 is 0. The third kappa shape index (κ3) is 3.65. The topological polar surface area (TPSA) is 52.4 Å². The third-order valence-electron chi connectivity index (χ3n) is 3.17. The molecule has 0 N–H and O–H groups in total. The van der Waals surface area contributed by atoms with Gasteiger partial charge in [-0.15, -0.1) is 0 Å². The molecule has 0 aliphatic rings. The minimum atomic E-state index is -0.791. The lowest BCUT2D eigenvalue weighted by Crippen LogP contribution is -2.26. The van der Waals surface area contributed by atoms with Crippen LogP contribution in [0, 0.1) is 10.1 Å². The molecule has 2 rings (SSSR count). The molecule has 0 radical (unpaired) electrons. The molecule has 20 heavy (non-hydrogen) atoms. The van der Waals surface area contributed by atoms with Crippen LogP contribution in [-0.2, 0) is 11.3 Å². The summed E-state index contributed by atoms with van der Waals surface area (Å²) in [5.74, 6) is 0. The average Bonchev–Trinajstić information content (AvgIpc) is 2.49. The van der Waals surface area contributed by atoms with Crippen LogP contribution < -0.4 is 0 Å². The van der Waals surface area contributed by atoms with Gasteiger partial charge in [-0.2, -0.15) is 0 Å². The summed E-state index contributed by atoms with van der Waals surface area (Å²) < 4.78 is 5.80. The highest BCUT2D eigenvalue weighted by molar-refractivity contribution is 5.19. The standard InChI is InChI=1S/C16H17NO3/c1-13(17(18)19)16(15-10-6-3-7-11-15)20-12-14-8-4-2-5-9-14/h2-11,13,16H,12H2,1H3/t13-,16-/m0/s1. The van der Waals surface area contributed by atoms with Crippen LogP contribution in [0.3, 0.4) is 0 Å². The van der Waals surface area contributed by atoms with E-state index >= 15 is 0 Å². The first-order valence-corrected chi connectivity index (χ1v) is 6.52. The summed E-state index contributed by atoms with van der Waals surface area (Å²) in [4.78, 5) is 10.7. The molecule has 4 nitrogen and oxygen atoms in total. The maximum absolute atomic E-state index is 11.1. The molecule has 0 saturated heterocycles. The molecule has 0 fully saturated rings. The number of hydrogen-bond donors (Lipinski definition) is 0.